The van der Waals surface area contributed by atoms with Crippen molar-refractivity contribution < 1.29 is 20.1 Å². The Bertz CT molecular complexity index is 393. The maximum Gasteiger partial charge on any atom is 0.330 e. The van der Waals surface area contributed by atoms with Gasteiger partial charge in [0.1, 0.15) is 0 Å². The summed E-state index contributed by atoms with van der Waals surface area (Å²) in [5.74, 6) is -0.979. The third-order valence-corrected chi connectivity index (χ3v) is 4.12. The van der Waals surface area contributed by atoms with E-state index >= 15 is 0 Å². The normalized spacial score (nSPS) is 25.4. The van der Waals surface area contributed by atoms with E-state index in [1.165, 1.54) is 18.6 Å². The predicted molar refractivity (Wildman–Crippen MR) is 73.7 cm³/mol. The van der Waals surface area contributed by atoms with Gasteiger partial charge in [-0.25, -0.2) is 4.79 Å². The number of rotatable bonds is 5. The Labute approximate surface area is 114 Å². The van der Waals surface area contributed by atoms with Crippen LogP contribution in [0.2, 0.25) is 0 Å². The maximum atomic E-state index is 10.7. The number of carboxylic acids is 1. The summed E-state index contributed by atoms with van der Waals surface area (Å²) in [5.41, 5.74) is 0.323. The minimum atomic E-state index is -1.19. The molecule has 0 radical (unpaired) electrons. The molecular formula is C15H24O4. The van der Waals surface area contributed by atoms with Crippen LogP contribution in [0.4, 0.5) is 0 Å². The first kappa shape index (κ1) is 15.9. The van der Waals surface area contributed by atoms with Crippen molar-refractivity contribution in [1.82, 2.24) is 0 Å². The molecule has 0 aromatic heterocycles. The van der Waals surface area contributed by atoms with Gasteiger partial charge in [0, 0.05) is 5.57 Å². The van der Waals surface area contributed by atoms with Crippen molar-refractivity contribution in [2.75, 3.05) is 0 Å². The van der Waals surface area contributed by atoms with Gasteiger partial charge in [0.05, 0.1) is 11.7 Å². The lowest BCUT2D eigenvalue weighted by atomic mass is 9.75. The highest BCUT2D eigenvalue weighted by Crippen LogP contribution is 2.34. The second-order valence-electron chi connectivity index (χ2n) is 5.69. The number of aliphatic hydroxyl groups excluding tert-OH is 1. The highest BCUT2D eigenvalue weighted by Gasteiger charge is 2.38. The Morgan fingerprint density at radius 2 is 2.26 bits per heavy atom. The molecule has 0 fully saturated rings. The molecular weight excluding hydrogens is 244 g/mol. The predicted octanol–water partition coefficient (Wildman–Crippen LogP) is 2.27. The number of aliphatic hydroxyl groups is 2. The second-order valence-corrected chi connectivity index (χ2v) is 5.69. The van der Waals surface area contributed by atoms with Crippen LogP contribution >= 0.6 is 0 Å². The monoisotopic (exact) mass is 268 g/mol. The van der Waals surface area contributed by atoms with Gasteiger partial charge in [-0.2, -0.15) is 0 Å². The Kier molecular flexibility index (Phi) is 5.32. The Hall–Kier alpha value is -1.13. The molecule has 1 aliphatic rings. The third kappa shape index (κ3) is 4.18. The molecule has 3 unspecified atom stereocenters. The SMILES string of the molecule is CC1=CCC(C(C)(O)C(O)C/C=C(\C)C(=O)O)CC1. The number of aliphatic carboxylic acids is 1. The molecule has 108 valence electrons. The molecule has 1 rings (SSSR count). The van der Waals surface area contributed by atoms with Crippen molar-refractivity contribution in [1.29, 1.82) is 0 Å². The van der Waals surface area contributed by atoms with Crippen LogP contribution in [0, 0.1) is 5.92 Å². The summed E-state index contributed by atoms with van der Waals surface area (Å²) in [5, 5.41) is 29.4. The molecule has 0 saturated heterocycles. The molecule has 1 aliphatic carbocycles. The number of hydrogen-bond acceptors (Lipinski definition) is 3. The van der Waals surface area contributed by atoms with E-state index in [0.29, 0.717) is 0 Å². The van der Waals surface area contributed by atoms with Gasteiger partial charge >= 0.3 is 5.97 Å². The van der Waals surface area contributed by atoms with Gasteiger partial charge in [-0.05, 0) is 52.4 Å². The quantitative estimate of drug-likeness (QED) is 0.528. The highest BCUT2D eigenvalue weighted by molar-refractivity contribution is 5.85. The number of carbonyl (C=O) groups is 1. The third-order valence-electron chi connectivity index (χ3n) is 4.12. The average molecular weight is 268 g/mol. The first-order valence-electron chi connectivity index (χ1n) is 6.71. The molecule has 0 aromatic rings. The fourth-order valence-corrected chi connectivity index (χ4v) is 2.38. The molecule has 4 heteroatoms. The van der Waals surface area contributed by atoms with Crippen LogP contribution in [0.15, 0.2) is 23.3 Å². The fraction of sp³-hybridized carbons (Fsp3) is 0.667. The van der Waals surface area contributed by atoms with Crippen molar-refractivity contribution in [3.63, 3.8) is 0 Å². The van der Waals surface area contributed by atoms with Gasteiger partial charge in [0.25, 0.3) is 0 Å². The van der Waals surface area contributed by atoms with E-state index in [1.807, 2.05) is 0 Å². The smallest absolute Gasteiger partial charge is 0.330 e. The standard InChI is InChI=1S/C15H24O4/c1-10-4-7-12(8-5-10)15(3,19)13(16)9-6-11(2)14(17)18/h4,6,12-13,16,19H,5,7-9H2,1-3H3,(H,17,18)/b11-6+. The van der Waals surface area contributed by atoms with Crippen LogP contribution in [0.25, 0.3) is 0 Å². The lowest BCUT2D eigenvalue weighted by Gasteiger charge is -2.38. The van der Waals surface area contributed by atoms with Crippen LogP contribution < -0.4 is 0 Å². The molecule has 0 aromatic carbocycles. The van der Waals surface area contributed by atoms with Gasteiger partial charge in [-0.15, -0.1) is 0 Å². The summed E-state index contributed by atoms with van der Waals surface area (Å²) >= 11 is 0. The van der Waals surface area contributed by atoms with Crippen molar-refractivity contribution in [2.45, 2.75) is 58.2 Å². The zero-order chi connectivity index (χ0) is 14.6. The molecule has 0 bridgehead atoms. The fourth-order valence-electron chi connectivity index (χ4n) is 2.38. The minimum absolute atomic E-state index is 0.0183. The van der Waals surface area contributed by atoms with Crippen LogP contribution in [0.1, 0.15) is 46.5 Å². The first-order valence-corrected chi connectivity index (χ1v) is 6.71. The molecule has 0 spiro atoms. The summed E-state index contributed by atoms with van der Waals surface area (Å²) in [4.78, 5) is 10.7. The minimum Gasteiger partial charge on any atom is -0.478 e. The van der Waals surface area contributed by atoms with Crippen molar-refractivity contribution in [3.05, 3.63) is 23.3 Å². The van der Waals surface area contributed by atoms with Crippen LogP contribution in [-0.2, 0) is 4.79 Å². The second kappa shape index (κ2) is 6.35. The molecule has 3 N–H and O–H groups in total. The molecule has 19 heavy (non-hydrogen) atoms. The van der Waals surface area contributed by atoms with Crippen molar-refractivity contribution in [2.24, 2.45) is 5.92 Å². The van der Waals surface area contributed by atoms with E-state index in [2.05, 4.69) is 13.0 Å². The lowest BCUT2D eigenvalue weighted by molar-refractivity contribution is -0.132. The summed E-state index contributed by atoms with van der Waals surface area (Å²) < 4.78 is 0. The maximum absolute atomic E-state index is 10.7. The molecule has 3 atom stereocenters. The molecule has 0 amide bonds. The van der Waals surface area contributed by atoms with E-state index < -0.39 is 17.7 Å². The van der Waals surface area contributed by atoms with Crippen molar-refractivity contribution in [3.8, 4) is 0 Å². The number of allylic oxidation sites excluding steroid dienone is 2. The highest BCUT2D eigenvalue weighted by atomic mass is 16.4. The lowest BCUT2D eigenvalue weighted by Crippen LogP contribution is -2.46. The van der Waals surface area contributed by atoms with Crippen LogP contribution in [0.3, 0.4) is 0 Å². The largest absolute Gasteiger partial charge is 0.478 e. The topological polar surface area (TPSA) is 77.8 Å². The molecule has 0 aliphatic heterocycles. The van der Waals surface area contributed by atoms with E-state index in [0.717, 1.165) is 19.3 Å². The van der Waals surface area contributed by atoms with E-state index in [4.69, 9.17) is 5.11 Å². The van der Waals surface area contributed by atoms with Crippen molar-refractivity contribution >= 4 is 5.97 Å². The van der Waals surface area contributed by atoms with Crippen LogP contribution in [0.5, 0.6) is 0 Å². The Morgan fingerprint density at radius 3 is 2.74 bits per heavy atom. The van der Waals surface area contributed by atoms with Gasteiger partial charge < -0.3 is 15.3 Å². The van der Waals surface area contributed by atoms with Crippen LogP contribution in [-0.4, -0.2) is 33.0 Å². The summed E-state index contributed by atoms with van der Waals surface area (Å²) in [7, 11) is 0. The Morgan fingerprint density at radius 1 is 1.63 bits per heavy atom. The van der Waals surface area contributed by atoms with Gasteiger partial charge in [0.2, 0.25) is 0 Å². The van der Waals surface area contributed by atoms with E-state index in [-0.39, 0.29) is 17.9 Å². The Balaban J connectivity index is 2.66. The molecule has 0 saturated carbocycles. The summed E-state index contributed by atoms with van der Waals surface area (Å²) in [6, 6.07) is 0. The average Bonchev–Trinajstić information content (AvgIpc) is 2.35. The number of carboxylic acid groups (broad SMARTS) is 1. The molecule has 4 nitrogen and oxygen atoms in total. The van der Waals surface area contributed by atoms with Gasteiger partial charge in [-0.1, -0.05) is 17.7 Å². The summed E-state index contributed by atoms with van der Waals surface area (Å²) in [6.07, 6.45) is 5.34. The number of hydrogen-bond donors (Lipinski definition) is 3. The van der Waals surface area contributed by atoms with Gasteiger partial charge in [0.15, 0.2) is 0 Å². The van der Waals surface area contributed by atoms with Gasteiger partial charge in [-0.3, -0.25) is 0 Å². The van der Waals surface area contributed by atoms with E-state index in [1.54, 1.807) is 6.92 Å². The zero-order valence-electron chi connectivity index (χ0n) is 11.9. The summed E-state index contributed by atoms with van der Waals surface area (Å²) in [6.45, 7) is 5.19. The van der Waals surface area contributed by atoms with E-state index in [9.17, 15) is 15.0 Å². The first-order chi connectivity index (χ1) is 8.75. The molecule has 0 heterocycles. The zero-order valence-corrected chi connectivity index (χ0v) is 11.9.